The molecule has 0 aromatic carbocycles. The minimum Gasteiger partial charge on any atom is -0.481 e. The van der Waals surface area contributed by atoms with Crippen molar-refractivity contribution in [1.82, 2.24) is 31.9 Å². The molecule has 0 aromatic heterocycles. The summed E-state index contributed by atoms with van der Waals surface area (Å²) in [5, 5.41) is 34.1. The molecule has 0 bridgehead atoms. The number of aliphatic imine (C=N–C) groups is 2. The summed E-state index contributed by atoms with van der Waals surface area (Å²) in [6, 6.07) is -9.53. The van der Waals surface area contributed by atoms with Crippen LogP contribution in [0.3, 0.4) is 0 Å². The van der Waals surface area contributed by atoms with E-state index in [1.165, 1.54) is 0 Å². The van der Waals surface area contributed by atoms with Crippen molar-refractivity contribution >= 4 is 65.2 Å². The van der Waals surface area contributed by atoms with Crippen LogP contribution in [0.2, 0.25) is 0 Å². The maximum atomic E-state index is 14.0. The van der Waals surface area contributed by atoms with Gasteiger partial charge in [-0.2, -0.15) is 0 Å². The Hall–Kier alpha value is -6.31. The van der Waals surface area contributed by atoms with Crippen molar-refractivity contribution in [2.24, 2.45) is 62.0 Å². The first-order chi connectivity index (χ1) is 29.9. The van der Waals surface area contributed by atoms with Crippen molar-refractivity contribution in [2.45, 2.75) is 141 Å². The quantitative estimate of drug-likeness (QED) is 0.0166. The Kier molecular flexibility index (Phi) is 27.7. The molecule has 0 fully saturated rings. The zero-order valence-corrected chi connectivity index (χ0v) is 37.1. The van der Waals surface area contributed by atoms with E-state index < -0.39 is 114 Å². The maximum Gasteiger partial charge on any atom is 0.326 e. The van der Waals surface area contributed by atoms with Crippen LogP contribution >= 0.6 is 0 Å². The number of carbonyl (C=O) groups is 9. The second-order valence-corrected chi connectivity index (χ2v) is 15.8. The fraction of sp³-hybridized carbons (Fsp3) is 0.711. The van der Waals surface area contributed by atoms with Crippen LogP contribution in [-0.4, -0.2) is 137 Å². The normalized spacial score (nSPS) is 14.2. The van der Waals surface area contributed by atoms with Gasteiger partial charge in [0.25, 0.3) is 0 Å². The second kappa shape index (κ2) is 30.7. The number of carboxylic acid groups (broad SMARTS) is 2. The van der Waals surface area contributed by atoms with E-state index in [2.05, 4.69) is 41.9 Å². The highest BCUT2D eigenvalue weighted by Crippen LogP contribution is 2.11. The van der Waals surface area contributed by atoms with Gasteiger partial charge in [0.2, 0.25) is 41.4 Å². The molecule has 364 valence electrons. The molecule has 22 N–H and O–H groups in total. The number of guanidine groups is 2. The molecule has 0 rings (SSSR count). The van der Waals surface area contributed by atoms with Crippen molar-refractivity contribution in [3.63, 3.8) is 0 Å². The smallest absolute Gasteiger partial charge is 0.326 e. The largest absolute Gasteiger partial charge is 0.481 e. The van der Waals surface area contributed by atoms with Gasteiger partial charge in [0.1, 0.15) is 36.3 Å². The van der Waals surface area contributed by atoms with Gasteiger partial charge in [0.05, 0.1) is 6.04 Å². The van der Waals surface area contributed by atoms with Crippen LogP contribution in [0.1, 0.15) is 98.3 Å². The number of rotatable bonds is 33. The van der Waals surface area contributed by atoms with Crippen molar-refractivity contribution < 1.29 is 53.4 Å². The number of hydrogen-bond donors (Lipinski definition) is 15. The Morgan fingerprint density at radius 3 is 1.25 bits per heavy atom. The number of primary amides is 1. The first-order valence-corrected chi connectivity index (χ1v) is 21.0. The summed E-state index contributed by atoms with van der Waals surface area (Å²) in [5.74, 6) is -10.1. The first kappa shape index (κ1) is 57.7. The van der Waals surface area contributed by atoms with E-state index in [1.807, 2.05) is 0 Å². The Morgan fingerprint density at radius 1 is 0.484 bits per heavy atom. The summed E-state index contributed by atoms with van der Waals surface area (Å²) in [6.45, 7) is 6.99. The van der Waals surface area contributed by atoms with Crippen LogP contribution < -0.4 is 72.0 Å². The van der Waals surface area contributed by atoms with Crippen molar-refractivity contribution in [3.05, 3.63) is 0 Å². The number of nitrogens with two attached hydrogens (primary N) is 7. The fourth-order valence-corrected chi connectivity index (χ4v) is 5.82. The third kappa shape index (κ3) is 24.4. The molecule has 0 saturated heterocycles. The number of hydrogen-bond acceptors (Lipinski definition) is 13. The molecule has 7 atom stereocenters. The standard InChI is InChI=1S/C38H71N15O11/c1-19(2)28(41)34(61)53-29(20(3)4)35(62)51-23(12-14-26(40)54)32(59)49-22(10-7-17-46-37(42)43)30(57)50-24(13-15-27(55)56)33(60)48-21(9-5-6-16-39)31(58)52-25(36(63)64)11-8-18-47-38(44)45/h19-25,28-29H,5-18,39,41H2,1-4H3,(H2,40,54)(H,48,60)(H,49,59)(H,50,57)(H,51,62)(H,52,58)(H,53,61)(H,55,56)(H,63,64)(H4,42,43,46)(H4,44,45,47)/t21-,22-,23-,24-,25-,28-,29-/m0/s1. The average molecular weight is 914 g/mol. The van der Waals surface area contributed by atoms with Crippen molar-refractivity contribution in [3.8, 4) is 0 Å². The van der Waals surface area contributed by atoms with Gasteiger partial charge in [-0.3, -0.25) is 48.3 Å². The molecule has 0 aliphatic carbocycles. The van der Waals surface area contributed by atoms with Gasteiger partial charge in [0, 0.05) is 25.9 Å². The molecule has 0 aromatic rings. The van der Waals surface area contributed by atoms with E-state index >= 15 is 0 Å². The minimum absolute atomic E-state index is 0.0216. The molecule has 0 aliphatic heterocycles. The molecule has 26 heteroatoms. The molecule has 0 saturated carbocycles. The lowest BCUT2D eigenvalue weighted by molar-refractivity contribution is -0.142. The van der Waals surface area contributed by atoms with Crippen LogP contribution in [0.5, 0.6) is 0 Å². The van der Waals surface area contributed by atoms with Gasteiger partial charge in [-0.15, -0.1) is 0 Å². The van der Waals surface area contributed by atoms with E-state index in [-0.39, 0.29) is 82.4 Å². The van der Waals surface area contributed by atoms with Gasteiger partial charge < -0.3 is 82.2 Å². The van der Waals surface area contributed by atoms with Crippen molar-refractivity contribution in [1.29, 1.82) is 0 Å². The number of nitrogens with zero attached hydrogens (tertiary/aromatic N) is 2. The van der Waals surface area contributed by atoms with Crippen molar-refractivity contribution in [2.75, 3.05) is 19.6 Å². The highest BCUT2D eigenvalue weighted by molar-refractivity contribution is 5.97. The topological polar surface area (TPSA) is 473 Å². The summed E-state index contributed by atoms with van der Waals surface area (Å²) >= 11 is 0. The summed E-state index contributed by atoms with van der Waals surface area (Å²) in [7, 11) is 0. The average Bonchev–Trinajstić information content (AvgIpc) is 3.20. The van der Waals surface area contributed by atoms with Gasteiger partial charge in [0.15, 0.2) is 11.9 Å². The lowest BCUT2D eigenvalue weighted by Gasteiger charge is -2.28. The minimum atomic E-state index is -1.63. The number of carbonyl (C=O) groups excluding carboxylic acids is 7. The number of carboxylic acids is 2. The number of aliphatic carboxylic acids is 2. The summed E-state index contributed by atoms with van der Waals surface area (Å²) in [6.07, 6.45) is -1.19. The lowest BCUT2D eigenvalue weighted by atomic mass is 9.99. The SMILES string of the molecule is CC(C)[C@H](N)C(=O)N[C@H](C(=O)N[C@@H](CCC(N)=O)C(=O)N[C@@H](CCCN=C(N)N)C(=O)N[C@@H](CCC(=O)O)C(=O)N[C@@H](CCCCN)C(=O)N[C@@H](CCCN=C(N)N)C(=O)O)C(C)C. The summed E-state index contributed by atoms with van der Waals surface area (Å²) in [4.78, 5) is 125. The van der Waals surface area contributed by atoms with Gasteiger partial charge >= 0.3 is 11.9 Å². The molecular formula is C38H71N15O11. The van der Waals surface area contributed by atoms with E-state index in [0.717, 1.165) is 0 Å². The molecular weight excluding hydrogens is 843 g/mol. The van der Waals surface area contributed by atoms with E-state index in [4.69, 9.17) is 40.1 Å². The monoisotopic (exact) mass is 914 g/mol. The van der Waals surface area contributed by atoms with E-state index in [0.29, 0.717) is 12.8 Å². The van der Waals surface area contributed by atoms with Gasteiger partial charge in [-0.25, -0.2) is 4.79 Å². The molecule has 7 amide bonds. The van der Waals surface area contributed by atoms with Crippen LogP contribution in [0, 0.1) is 11.8 Å². The third-order valence-electron chi connectivity index (χ3n) is 9.58. The Labute approximate surface area is 372 Å². The second-order valence-electron chi connectivity index (χ2n) is 15.8. The van der Waals surface area contributed by atoms with Gasteiger partial charge in [-0.05, 0) is 76.2 Å². The Balaban J connectivity index is 6.69. The van der Waals surface area contributed by atoms with Crippen LogP contribution in [-0.2, 0) is 43.2 Å². The Morgan fingerprint density at radius 2 is 0.875 bits per heavy atom. The number of amides is 7. The highest BCUT2D eigenvalue weighted by Gasteiger charge is 2.34. The maximum absolute atomic E-state index is 14.0. The third-order valence-corrected chi connectivity index (χ3v) is 9.58. The lowest BCUT2D eigenvalue weighted by Crippen LogP contribution is -2.60. The fourth-order valence-electron chi connectivity index (χ4n) is 5.82. The number of nitrogens with one attached hydrogen (secondary N) is 6. The predicted molar refractivity (Wildman–Crippen MR) is 235 cm³/mol. The van der Waals surface area contributed by atoms with Crippen LogP contribution in [0.25, 0.3) is 0 Å². The van der Waals surface area contributed by atoms with E-state index in [1.54, 1.807) is 27.7 Å². The zero-order valence-electron chi connectivity index (χ0n) is 37.1. The van der Waals surface area contributed by atoms with Crippen LogP contribution in [0.15, 0.2) is 9.98 Å². The number of unbranched alkanes of at least 4 members (excludes halogenated alkanes) is 1. The first-order valence-electron chi connectivity index (χ1n) is 21.0. The van der Waals surface area contributed by atoms with E-state index in [9.17, 15) is 53.4 Å². The highest BCUT2D eigenvalue weighted by atomic mass is 16.4. The summed E-state index contributed by atoms with van der Waals surface area (Å²) < 4.78 is 0. The molecule has 0 unspecified atom stereocenters. The van der Waals surface area contributed by atoms with Crippen LogP contribution in [0.4, 0.5) is 0 Å². The van der Waals surface area contributed by atoms with Gasteiger partial charge in [-0.1, -0.05) is 27.7 Å². The predicted octanol–water partition coefficient (Wildman–Crippen LogP) is -5.01. The summed E-state index contributed by atoms with van der Waals surface area (Å²) in [5.41, 5.74) is 38.4. The zero-order chi connectivity index (χ0) is 49.1. The Bertz CT molecular complexity index is 1640. The molecule has 64 heavy (non-hydrogen) atoms. The molecule has 0 radical (unpaired) electrons. The molecule has 0 aliphatic rings. The molecule has 0 spiro atoms. The molecule has 0 heterocycles. The molecule has 26 nitrogen and oxygen atoms in total.